The van der Waals surface area contributed by atoms with Crippen molar-refractivity contribution in [3.8, 4) is 0 Å². The summed E-state index contributed by atoms with van der Waals surface area (Å²) in [5, 5.41) is 30.7. The molecule has 7 nitrogen and oxygen atoms in total. The third kappa shape index (κ3) is 2.03. The van der Waals surface area contributed by atoms with Crippen molar-refractivity contribution >= 4 is 6.03 Å². The van der Waals surface area contributed by atoms with E-state index in [9.17, 15) is 15.0 Å². The maximum atomic E-state index is 11.6. The molecule has 1 fully saturated rings. The molecule has 0 bridgehead atoms. The van der Waals surface area contributed by atoms with Crippen LogP contribution in [0, 0.1) is 0 Å². The predicted molar refractivity (Wildman–Crippen MR) is 51.9 cm³/mol. The highest BCUT2D eigenvalue weighted by Gasteiger charge is 2.42. The molecular weight excluding hydrogens is 216 g/mol. The fourth-order valence-corrected chi connectivity index (χ4v) is 1.45. The van der Waals surface area contributed by atoms with Crippen molar-refractivity contribution in [3.05, 3.63) is 12.3 Å². The van der Waals surface area contributed by atoms with E-state index >= 15 is 0 Å². The van der Waals surface area contributed by atoms with Crippen LogP contribution in [-0.4, -0.2) is 57.0 Å². The Morgan fingerprint density at radius 3 is 2.81 bits per heavy atom. The van der Waals surface area contributed by atoms with Crippen LogP contribution >= 0.6 is 0 Å². The quantitative estimate of drug-likeness (QED) is 0.433. The second-order valence-electron chi connectivity index (χ2n) is 3.86. The van der Waals surface area contributed by atoms with Crippen molar-refractivity contribution in [3.63, 3.8) is 0 Å². The molecule has 4 N–H and O–H groups in total. The minimum atomic E-state index is -1.49. The van der Waals surface area contributed by atoms with Crippen LogP contribution in [0.3, 0.4) is 0 Å². The van der Waals surface area contributed by atoms with Gasteiger partial charge in [-0.1, -0.05) is 0 Å². The highest BCUT2D eigenvalue weighted by atomic mass is 16.6. The smallest absolute Gasteiger partial charge is 0.325 e. The number of fused-ring (bicyclic) bond motifs is 1. The molecule has 0 aromatic rings. The van der Waals surface area contributed by atoms with E-state index in [0.29, 0.717) is 0 Å². The summed E-state index contributed by atoms with van der Waals surface area (Å²) in [5.74, 6) is 0. The molecule has 7 heteroatoms. The Morgan fingerprint density at radius 1 is 1.50 bits per heavy atom. The van der Waals surface area contributed by atoms with Gasteiger partial charge in [0.15, 0.2) is 12.5 Å². The Hall–Kier alpha value is -1.15. The molecule has 0 aromatic carbocycles. The normalized spacial score (nSPS) is 33.5. The maximum absolute atomic E-state index is 11.6. The number of aliphatic hydroxyl groups excluding tert-OH is 3. The van der Waals surface area contributed by atoms with Crippen molar-refractivity contribution in [2.24, 2.45) is 0 Å². The summed E-state index contributed by atoms with van der Waals surface area (Å²) in [6.45, 7) is 1.33. The van der Waals surface area contributed by atoms with Gasteiger partial charge in [0.1, 0.15) is 12.2 Å². The number of rotatable bonds is 3. The topological polar surface area (TPSA) is 106 Å². The summed E-state index contributed by atoms with van der Waals surface area (Å²) < 4.78 is 5.03. The second-order valence-corrected chi connectivity index (χ2v) is 3.86. The number of amides is 2. The second kappa shape index (κ2) is 4.02. The van der Waals surface area contributed by atoms with Crippen molar-refractivity contribution in [2.75, 3.05) is 0 Å². The summed E-state index contributed by atoms with van der Waals surface area (Å²) in [5.41, 5.74) is 0. The van der Waals surface area contributed by atoms with Crippen LogP contribution in [0.2, 0.25) is 0 Å². The highest BCUT2D eigenvalue weighted by Crippen LogP contribution is 2.24. The number of epoxide rings is 1. The minimum absolute atomic E-state index is 0.176. The summed E-state index contributed by atoms with van der Waals surface area (Å²) >= 11 is 0. The Balaban J connectivity index is 2.07. The van der Waals surface area contributed by atoms with E-state index in [0.717, 1.165) is 4.90 Å². The van der Waals surface area contributed by atoms with Gasteiger partial charge in [-0.3, -0.25) is 4.90 Å². The molecule has 2 rings (SSSR count). The van der Waals surface area contributed by atoms with Crippen LogP contribution in [-0.2, 0) is 4.74 Å². The van der Waals surface area contributed by atoms with Crippen LogP contribution in [0.5, 0.6) is 0 Å². The van der Waals surface area contributed by atoms with E-state index in [2.05, 4.69) is 5.32 Å². The molecule has 2 aliphatic rings. The fourth-order valence-electron chi connectivity index (χ4n) is 1.45. The lowest BCUT2D eigenvalue weighted by Gasteiger charge is -2.28. The number of ether oxygens (including phenoxy) is 1. The zero-order valence-corrected chi connectivity index (χ0v) is 8.65. The average molecular weight is 230 g/mol. The molecule has 2 unspecified atom stereocenters. The van der Waals surface area contributed by atoms with Crippen molar-refractivity contribution < 1.29 is 24.9 Å². The van der Waals surface area contributed by atoms with Crippen LogP contribution in [0.4, 0.5) is 4.79 Å². The number of carbonyl (C=O) groups excluding carboxylic acids is 1. The maximum Gasteiger partial charge on any atom is 0.325 e. The lowest BCUT2D eigenvalue weighted by Crippen LogP contribution is -2.51. The van der Waals surface area contributed by atoms with Gasteiger partial charge in [0, 0.05) is 6.20 Å². The van der Waals surface area contributed by atoms with Gasteiger partial charge < -0.3 is 25.4 Å². The minimum Gasteiger partial charge on any atom is -0.391 e. The van der Waals surface area contributed by atoms with Crippen LogP contribution < -0.4 is 5.32 Å². The molecule has 90 valence electrons. The van der Waals surface area contributed by atoms with E-state index in [1.165, 1.54) is 13.1 Å². The number of nitrogens with one attached hydrogen (secondary N) is 1. The van der Waals surface area contributed by atoms with Crippen LogP contribution in [0.1, 0.15) is 6.92 Å². The van der Waals surface area contributed by atoms with Gasteiger partial charge in [0.05, 0.1) is 6.10 Å². The van der Waals surface area contributed by atoms with E-state index in [1.54, 1.807) is 6.08 Å². The Morgan fingerprint density at radius 2 is 2.19 bits per heavy atom. The first-order valence-corrected chi connectivity index (χ1v) is 4.97. The molecular formula is C9H14N2O5. The van der Waals surface area contributed by atoms with Gasteiger partial charge in [0.25, 0.3) is 0 Å². The van der Waals surface area contributed by atoms with Crippen molar-refractivity contribution in [2.45, 2.75) is 37.7 Å². The molecule has 1 saturated heterocycles. The van der Waals surface area contributed by atoms with Crippen LogP contribution in [0.25, 0.3) is 0 Å². The summed E-state index contributed by atoms with van der Waals surface area (Å²) in [4.78, 5) is 12.5. The van der Waals surface area contributed by atoms with E-state index in [-0.39, 0.29) is 12.3 Å². The van der Waals surface area contributed by atoms with Gasteiger partial charge in [-0.05, 0) is 13.0 Å². The lowest BCUT2D eigenvalue weighted by atomic mass is 10.2. The van der Waals surface area contributed by atoms with Crippen LogP contribution in [0.15, 0.2) is 12.3 Å². The molecule has 5 atom stereocenters. The molecule has 0 radical (unpaired) electrons. The van der Waals surface area contributed by atoms with Crippen molar-refractivity contribution in [1.29, 1.82) is 0 Å². The zero-order chi connectivity index (χ0) is 11.9. The molecule has 0 spiro atoms. The monoisotopic (exact) mass is 230 g/mol. The van der Waals surface area contributed by atoms with Gasteiger partial charge in [-0.25, -0.2) is 4.79 Å². The van der Waals surface area contributed by atoms with E-state index < -0.39 is 24.5 Å². The first kappa shape index (κ1) is 11.3. The molecule has 2 heterocycles. The van der Waals surface area contributed by atoms with E-state index in [4.69, 9.17) is 9.84 Å². The molecule has 0 aliphatic carbocycles. The molecule has 16 heavy (non-hydrogen) atoms. The summed E-state index contributed by atoms with van der Waals surface area (Å²) in [6, 6.07) is -0.576. The summed E-state index contributed by atoms with van der Waals surface area (Å²) in [7, 11) is 0. The van der Waals surface area contributed by atoms with Gasteiger partial charge in [-0.2, -0.15) is 0 Å². The molecule has 0 saturated carbocycles. The number of aliphatic hydroxyl groups is 3. The SMILES string of the molecule is CC(O)[C@H](O)[C@H](O)N1C=CC2O[C@H]2NC1=O. The number of hydrogen-bond donors (Lipinski definition) is 4. The number of hydrogen-bond acceptors (Lipinski definition) is 5. The first-order chi connectivity index (χ1) is 7.50. The van der Waals surface area contributed by atoms with Crippen molar-refractivity contribution in [1.82, 2.24) is 10.2 Å². The molecule has 0 aromatic heterocycles. The number of urea groups is 1. The third-order valence-corrected chi connectivity index (χ3v) is 2.55. The van der Waals surface area contributed by atoms with Gasteiger partial charge >= 0.3 is 6.03 Å². The Bertz CT molecular complexity index is 319. The largest absolute Gasteiger partial charge is 0.391 e. The van der Waals surface area contributed by atoms with Gasteiger partial charge in [-0.15, -0.1) is 0 Å². The van der Waals surface area contributed by atoms with E-state index in [1.807, 2.05) is 0 Å². The number of carbonyl (C=O) groups is 1. The Kier molecular flexibility index (Phi) is 2.85. The number of nitrogens with zero attached hydrogens (tertiary/aromatic N) is 1. The van der Waals surface area contributed by atoms with Gasteiger partial charge in [0.2, 0.25) is 0 Å². The fraction of sp³-hybridized carbons (Fsp3) is 0.667. The molecule has 2 aliphatic heterocycles. The standard InChI is InChI=1S/C9H14N2O5/c1-4(12)6(13)8(14)11-3-2-5-7(16-5)10-9(11)15/h2-8,12-14H,1H3,(H,10,15)/t4?,5?,6-,7+,8-/m0/s1. The third-order valence-electron chi connectivity index (χ3n) is 2.55. The Labute approximate surface area is 91.9 Å². The summed E-state index contributed by atoms with van der Waals surface area (Å²) in [6.07, 6.45) is -1.65. The molecule has 2 amide bonds. The zero-order valence-electron chi connectivity index (χ0n) is 8.65. The first-order valence-electron chi connectivity index (χ1n) is 4.97. The lowest BCUT2D eigenvalue weighted by molar-refractivity contribution is -0.0939. The highest BCUT2D eigenvalue weighted by molar-refractivity contribution is 5.76. The predicted octanol–water partition coefficient (Wildman–Crippen LogP) is -1.69. The average Bonchev–Trinajstić information content (AvgIpc) is 2.94.